The zero-order chi connectivity index (χ0) is 13.2. The quantitative estimate of drug-likeness (QED) is 0.844. The van der Waals surface area contributed by atoms with Crippen molar-refractivity contribution in [2.24, 2.45) is 11.8 Å². The lowest BCUT2D eigenvalue weighted by Gasteiger charge is -2.39. The molecule has 0 aromatic heterocycles. The van der Waals surface area contributed by atoms with Gasteiger partial charge in [0.2, 0.25) is 0 Å². The van der Waals surface area contributed by atoms with E-state index in [-0.39, 0.29) is 0 Å². The van der Waals surface area contributed by atoms with Gasteiger partial charge in [0.15, 0.2) is 0 Å². The van der Waals surface area contributed by atoms with Gasteiger partial charge in [0.25, 0.3) is 0 Å². The SMILES string of the molecule is CCCc1ccc(C2(O)CCC(C)C(C)C2)cc1. The Morgan fingerprint density at radius 1 is 1.17 bits per heavy atom. The van der Waals surface area contributed by atoms with E-state index in [1.165, 1.54) is 12.0 Å². The predicted octanol–water partition coefficient (Wildman–Crippen LogP) is 4.28. The lowest BCUT2D eigenvalue weighted by Crippen LogP contribution is -2.35. The summed E-state index contributed by atoms with van der Waals surface area (Å²) >= 11 is 0. The van der Waals surface area contributed by atoms with Gasteiger partial charge in [-0.1, -0.05) is 51.5 Å². The molecule has 0 bridgehead atoms. The molecule has 1 saturated carbocycles. The molecule has 2 rings (SSSR count). The fourth-order valence-electron chi connectivity index (χ4n) is 3.12. The Balaban J connectivity index is 2.14. The van der Waals surface area contributed by atoms with Crippen LogP contribution in [0.1, 0.15) is 57.6 Å². The van der Waals surface area contributed by atoms with E-state index >= 15 is 0 Å². The third-order valence-electron chi connectivity index (χ3n) is 4.67. The van der Waals surface area contributed by atoms with E-state index in [4.69, 9.17) is 0 Å². The van der Waals surface area contributed by atoms with Crippen molar-refractivity contribution in [3.05, 3.63) is 35.4 Å². The highest BCUT2D eigenvalue weighted by molar-refractivity contribution is 5.28. The van der Waals surface area contributed by atoms with E-state index in [2.05, 4.69) is 45.0 Å². The predicted molar refractivity (Wildman–Crippen MR) is 76.5 cm³/mol. The molecule has 1 aliphatic rings. The molecule has 3 unspecified atom stereocenters. The molecule has 1 nitrogen and oxygen atoms in total. The number of hydrogen-bond acceptors (Lipinski definition) is 1. The first-order valence-corrected chi connectivity index (χ1v) is 7.37. The average Bonchev–Trinajstić information content (AvgIpc) is 2.36. The van der Waals surface area contributed by atoms with Crippen molar-refractivity contribution in [1.29, 1.82) is 0 Å². The monoisotopic (exact) mass is 246 g/mol. The standard InChI is InChI=1S/C17H26O/c1-4-5-15-6-8-16(9-7-15)17(18)11-10-13(2)14(3)12-17/h6-9,13-14,18H,4-5,10-12H2,1-3H3. The van der Waals surface area contributed by atoms with E-state index in [0.29, 0.717) is 5.92 Å². The first-order chi connectivity index (χ1) is 8.55. The molecule has 1 N–H and O–H groups in total. The Morgan fingerprint density at radius 3 is 2.39 bits per heavy atom. The van der Waals surface area contributed by atoms with Gasteiger partial charge in [-0.05, 0) is 48.6 Å². The van der Waals surface area contributed by atoms with Gasteiger partial charge in [-0.2, -0.15) is 0 Å². The highest BCUT2D eigenvalue weighted by atomic mass is 16.3. The van der Waals surface area contributed by atoms with E-state index in [1.54, 1.807) is 0 Å². The fraction of sp³-hybridized carbons (Fsp3) is 0.647. The van der Waals surface area contributed by atoms with Gasteiger partial charge in [-0.25, -0.2) is 0 Å². The maximum absolute atomic E-state index is 10.9. The minimum absolute atomic E-state index is 0.587. The Labute approximate surface area is 111 Å². The molecule has 0 spiro atoms. The third-order valence-corrected chi connectivity index (χ3v) is 4.67. The highest BCUT2D eigenvalue weighted by Crippen LogP contribution is 2.42. The van der Waals surface area contributed by atoms with Crippen molar-refractivity contribution < 1.29 is 5.11 Å². The molecule has 18 heavy (non-hydrogen) atoms. The normalized spacial score (nSPS) is 32.4. The largest absolute Gasteiger partial charge is 0.385 e. The topological polar surface area (TPSA) is 20.2 Å². The van der Waals surface area contributed by atoms with Crippen LogP contribution in [0.25, 0.3) is 0 Å². The van der Waals surface area contributed by atoms with Crippen molar-refractivity contribution in [3.8, 4) is 0 Å². The molecule has 1 aromatic rings. The van der Waals surface area contributed by atoms with Crippen LogP contribution < -0.4 is 0 Å². The molecule has 0 heterocycles. The summed E-state index contributed by atoms with van der Waals surface area (Å²) in [6.07, 6.45) is 5.26. The second-order valence-corrected chi connectivity index (χ2v) is 6.18. The first-order valence-electron chi connectivity index (χ1n) is 7.37. The molecular formula is C17H26O. The lowest BCUT2D eigenvalue weighted by atomic mass is 9.70. The maximum atomic E-state index is 10.9. The lowest BCUT2D eigenvalue weighted by molar-refractivity contribution is -0.0336. The van der Waals surface area contributed by atoms with Crippen molar-refractivity contribution in [3.63, 3.8) is 0 Å². The minimum Gasteiger partial charge on any atom is -0.385 e. The molecular weight excluding hydrogens is 220 g/mol. The van der Waals surface area contributed by atoms with Crippen LogP contribution in [0, 0.1) is 11.8 Å². The molecule has 1 fully saturated rings. The van der Waals surface area contributed by atoms with E-state index in [1.807, 2.05) is 0 Å². The van der Waals surface area contributed by atoms with Gasteiger partial charge in [0.1, 0.15) is 0 Å². The Kier molecular flexibility index (Phi) is 4.11. The van der Waals surface area contributed by atoms with Gasteiger partial charge in [0, 0.05) is 0 Å². The Morgan fingerprint density at radius 2 is 1.83 bits per heavy atom. The molecule has 1 heteroatoms. The van der Waals surface area contributed by atoms with Crippen LogP contribution in [0.15, 0.2) is 24.3 Å². The summed E-state index contributed by atoms with van der Waals surface area (Å²) in [5.41, 5.74) is 1.90. The van der Waals surface area contributed by atoms with Crippen LogP contribution in [-0.4, -0.2) is 5.11 Å². The van der Waals surface area contributed by atoms with Crippen molar-refractivity contribution in [1.82, 2.24) is 0 Å². The summed E-state index contributed by atoms with van der Waals surface area (Å²) in [7, 11) is 0. The molecule has 100 valence electrons. The van der Waals surface area contributed by atoms with Crippen LogP contribution >= 0.6 is 0 Å². The number of rotatable bonds is 3. The Hall–Kier alpha value is -0.820. The molecule has 1 aromatic carbocycles. The van der Waals surface area contributed by atoms with E-state index in [0.717, 1.165) is 37.2 Å². The van der Waals surface area contributed by atoms with Crippen LogP contribution in [0.2, 0.25) is 0 Å². The van der Waals surface area contributed by atoms with E-state index < -0.39 is 5.60 Å². The number of benzene rings is 1. The minimum atomic E-state index is -0.587. The van der Waals surface area contributed by atoms with Gasteiger partial charge < -0.3 is 5.11 Å². The first kappa shape index (κ1) is 13.6. The number of hydrogen-bond donors (Lipinski definition) is 1. The summed E-state index contributed by atoms with van der Waals surface area (Å²) in [5.74, 6) is 1.35. The van der Waals surface area contributed by atoms with Crippen LogP contribution in [0.4, 0.5) is 0 Å². The molecule has 0 amide bonds. The summed E-state index contributed by atoms with van der Waals surface area (Å²) in [5, 5.41) is 10.9. The third kappa shape index (κ3) is 2.77. The van der Waals surface area contributed by atoms with Crippen LogP contribution in [0.5, 0.6) is 0 Å². The van der Waals surface area contributed by atoms with Crippen LogP contribution in [0.3, 0.4) is 0 Å². The summed E-state index contributed by atoms with van der Waals surface area (Å²) in [4.78, 5) is 0. The maximum Gasteiger partial charge on any atom is 0.0899 e. The molecule has 0 aliphatic heterocycles. The number of aryl methyl sites for hydroxylation is 1. The zero-order valence-electron chi connectivity index (χ0n) is 11.9. The van der Waals surface area contributed by atoms with Gasteiger partial charge in [-0.3, -0.25) is 0 Å². The van der Waals surface area contributed by atoms with Crippen molar-refractivity contribution in [2.45, 2.75) is 58.5 Å². The summed E-state index contributed by atoms with van der Waals surface area (Å²) < 4.78 is 0. The molecule has 1 aliphatic carbocycles. The summed E-state index contributed by atoms with van der Waals surface area (Å²) in [6.45, 7) is 6.76. The molecule has 0 radical (unpaired) electrons. The summed E-state index contributed by atoms with van der Waals surface area (Å²) in [6, 6.07) is 8.63. The highest BCUT2D eigenvalue weighted by Gasteiger charge is 2.37. The van der Waals surface area contributed by atoms with Crippen LogP contribution in [-0.2, 0) is 12.0 Å². The van der Waals surface area contributed by atoms with Gasteiger partial charge in [0.05, 0.1) is 5.60 Å². The Bertz CT molecular complexity index is 381. The second kappa shape index (κ2) is 5.44. The van der Waals surface area contributed by atoms with Gasteiger partial charge in [-0.15, -0.1) is 0 Å². The molecule has 0 saturated heterocycles. The number of aliphatic hydroxyl groups is 1. The van der Waals surface area contributed by atoms with Crippen molar-refractivity contribution >= 4 is 0 Å². The smallest absolute Gasteiger partial charge is 0.0899 e. The second-order valence-electron chi connectivity index (χ2n) is 6.18. The zero-order valence-corrected chi connectivity index (χ0v) is 11.9. The fourth-order valence-corrected chi connectivity index (χ4v) is 3.12. The average molecular weight is 246 g/mol. The molecule has 3 atom stereocenters. The van der Waals surface area contributed by atoms with Gasteiger partial charge >= 0.3 is 0 Å². The van der Waals surface area contributed by atoms with E-state index in [9.17, 15) is 5.11 Å². The van der Waals surface area contributed by atoms with Crippen molar-refractivity contribution in [2.75, 3.05) is 0 Å².